The molecule has 2 N–H and O–H groups in total. The molecule has 0 aliphatic carbocycles. The molecule has 2 aromatic carbocycles. The summed E-state index contributed by atoms with van der Waals surface area (Å²) in [6.07, 6.45) is 3.44. The van der Waals surface area contributed by atoms with E-state index in [1.807, 2.05) is 60.8 Å². The van der Waals surface area contributed by atoms with Crippen molar-refractivity contribution in [2.75, 3.05) is 0 Å². The number of hydrogen-bond donors (Lipinski definition) is 2. The number of carboxylic acids is 1. The maximum absolute atomic E-state index is 11.3. The van der Waals surface area contributed by atoms with Gasteiger partial charge in [0.25, 0.3) is 0 Å². The Morgan fingerprint density at radius 3 is 2.56 bits per heavy atom. The quantitative estimate of drug-likeness (QED) is 0.518. The van der Waals surface area contributed by atoms with Crippen LogP contribution in [0.15, 0.2) is 83.6 Å². The molecule has 5 nitrogen and oxygen atoms in total. The van der Waals surface area contributed by atoms with Crippen molar-refractivity contribution in [2.24, 2.45) is 0 Å². The molecule has 4 rings (SSSR count). The van der Waals surface area contributed by atoms with Gasteiger partial charge in [0.05, 0.1) is 19.2 Å². The molecule has 1 unspecified atom stereocenters. The zero-order valence-electron chi connectivity index (χ0n) is 14.7. The van der Waals surface area contributed by atoms with Gasteiger partial charge in [-0.25, -0.2) is 0 Å². The molecule has 0 amide bonds. The Morgan fingerprint density at radius 1 is 1.04 bits per heavy atom. The van der Waals surface area contributed by atoms with E-state index in [0.29, 0.717) is 6.54 Å². The number of carbonyl (C=O) groups is 1. The van der Waals surface area contributed by atoms with Crippen LogP contribution in [0, 0.1) is 0 Å². The number of hydrogen-bond acceptors (Lipinski definition) is 3. The lowest BCUT2D eigenvalue weighted by molar-refractivity contribution is -0.136. The Balaban J connectivity index is 1.78. The van der Waals surface area contributed by atoms with Crippen LogP contribution in [0.1, 0.15) is 23.1 Å². The molecule has 0 radical (unpaired) electrons. The summed E-state index contributed by atoms with van der Waals surface area (Å²) in [4.78, 5) is 11.3. The lowest BCUT2D eigenvalue weighted by Crippen LogP contribution is -2.26. The van der Waals surface area contributed by atoms with Gasteiger partial charge in [0.15, 0.2) is 0 Å². The minimum Gasteiger partial charge on any atom is -0.481 e. The Labute approximate surface area is 156 Å². The van der Waals surface area contributed by atoms with Gasteiger partial charge in [-0.05, 0) is 29.3 Å². The zero-order valence-corrected chi connectivity index (χ0v) is 14.7. The number of nitrogens with one attached hydrogen (secondary N) is 1. The van der Waals surface area contributed by atoms with Crippen molar-refractivity contribution in [3.8, 4) is 0 Å². The highest BCUT2D eigenvalue weighted by atomic mass is 16.4. The number of para-hydroxylation sites is 1. The van der Waals surface area contributed by atoms with E-state index in [2.05, 4.69) is 22.0 Å². The van der Waals surface area contributed by atoms with Crippen molar-refractivity contribution >= 4 is 16.9 Å². The Morgan fingerprint density at radius 2 is 1.81 bits per heavy atom. The zero-order chi connectivity index (χ0) is 18.6. The summed E-state index contributed by atoms with van der Waals surface area (Å²) in [5.41, 5.74) is 2.89. The molecule has 0 saturated heterocycles. The first-order valence-electron chi connectivity index (χ1n) is 8.83. The third-order valence-corrected chi connectivity index (χ3v) is 4.61. The van der Waals surface area contributed by atoms with Crippen molar-refractivity contribution in [3.05, 3.63) is 96.1 Å². The molecule has 27 heavy (non-hydrogen) atoms. The summed E-state index contributed by atoms with van der Waals surface area (Å²) in [5, 5.41) is 13.8. The monoisotopic (exact) mass is 360 g/mol. The Hall–Kier alpha value is -3.31. The summed E-state index contributed by atoms with van der Waals surface area (Å²) < 4.78 is 7.55. The fourth-order valence-electron chi connectivity index (χ4n) is 3.42. The average molecular weight is 360 g/mol. The van der Waals surface area contributed by atoms with Crippen LogP contribution in [0.2, 0.25) is 0 Å². The Kier molecular flexibility index (Phi) is 4.77. The van der Waals surface area contributed by atoms with Crippen LogP contribution >= 0.6 is 0 Å². The predicted molar refractivity (Wildman–Crippen MR) is 103 cm³/mol. The van der Waals surface area contributed by atoms with Crippen molar-refractivity contribution in [1.29, 1.82) is 0 Å². The number of furan rings is 1. The maximum atomic E-state index is 11.3. The van der Waals surface area contributed by atoms with Gasteiger partial charge in [0, 0.05) is 17.1 Å². The summed E-state index contributed by atoms with van der Waals surface area (Å²) in [6.45, 7) is 0.563. The van der Waals surface area contributed by atoms with Crippen LogP contribution in [0.25, 0.3) is 10.9 Å². The second kappa shape index (κ2) is 7.51. The summed E-state index contributed by atoms with van der Waals surface area (Å²) in [6, 6.07) is 21.8. The fourth-order valence-corrected chi connectivity index (χ4v) is 3.42. The van der Waals surface area contributed by atoms with E-state index in [1.165, 1.54) is 0 Å². The van der Waals surface area contributed by atoms with Crippen molar-refractivity contribution in [3.63, 3.8) is 0 Å². The molecule has 2 heterocycles. The molecular formula is C22H20N2O3. The van der Waals surface area contributed by atoms with E-state index in [-0.39, 0.29) is 12.6 Å². The van der Waals surface area contributed by atoms with Crippen LogP contribution < -0.4 is 5.32 Å². The van der Waals surface area contributed by atoms with Gasteiger partial charge < -0.3 is 14.1 Å². The second-order valence-corrected chi connectivity index (χ2v) is 6.42. The van der Waals surface area contributed by atoms with Crippen LogP contribution in [0.5, 0.6) is 0 Å². The lowest BCUT2D eigenvalue weighted by atomic mass is 10.1. The average Bonchev–Trinajstić information content (AvgIpc) is 3.32. The van der Waals surface area contributed by atoms with Crippen LogP contribution in [-0.4, -0.2) is 15.6 Å². The highest BCUT2D eigenvalue weighted by Crippen LogP contribution is 2.28. The minimum atomic E-state index is -0.835. The van der Waals surface area contributed by atoms with Gasteiger partial charge in [-0.15, -0.1) is 0 Å². The number of aliphatic carboxylic acids is 1. The molecule has 1 atom stereocenters. The third kappa shape index (κ3) is 3.64. The summed E-state index contributed by atoms with van der Waals surface area (Å²) >= 11 is 0. The first kappa shape index (κ1) is 17.1. The smallest absolute Gasteiger partial charge is 0.307 e. The number of carboxylic acid groups (broad SMARTS) is 1. The first-order chi connectivity index (χ1) is 13.2. The third-order valence-electron chi connectivity index (χ3n) is 4.61. The number of fused-ring (bicyclic) bond motifs is 1. The number of rotatable bonds is 7. The molecule has 5 heteroatoms. The van der Waals surface area contributed by atoms with Crippen LogP contribution in [0.4, 0.5) is 0 Å². The van der Waals surface area contributed by atoms with Gasteiger partial charge in [0.2, 0.25) is 0 Å². The van der Waals surface area contributed by atoms with Gasteiger partial charge >= 0.3 is 5.97 Å². The maximum Gasteiger partial charge on any atom is 0.307 e. The minimum absolute atomic E-state index is 0.00674. The normalized spacial score (nSPS) is 12.3. The van der Waals surface area contributed by atoms with Crippen molar-refractivity contribution < 1.29 is 14.3 Å². The molecule has 4 aromatic rings. The molecule has 136 valence electrons. The van der Waals surface area contributed by atoms with E-state index < -0.39 is 5.97 Å². The van der Waals surface area contributed by atoms with E-state index in [9.17, 15) is 9.90 Å². The number of aromatic nitrogens is 1. The van der Waals surface area contributed by atoms with Gasteiger partial charge in [0.1, 0.15) is 11.9 Å². The molecular weight excluding hydrogens is 340 g/mol. The standard InChI is InChI=1S/C22H20N2O3/c25-21(26)13-17-15-24(20-11-5-4-10-19(17)20)22(16-7-2-1-3-8-16)23-14-18-9-6-12-27-18/h1-12,15,22-23H,13-14H2,(H,25,26). The first-order valence-corrected chi connectivity index (χ1v) is 8.83. The van der Waals surface area contributed by atoms with Gasteiger partial charge in [-0.1, -0.05) is 48.5 Å². The highest BCUT2D eigenvalue weighted by molar-refractivity contribution is 5.87. The predicted octanol–water partition coefficient (Wildman–Crippen LogP) is 4.20. The van der Waals surface area contributed by atoms with E-state index >= 15 is 0 Å². The van der Waals surface area contributed by atoms with Gasteiger partial charge in [-0.2, -0.15) is 0 Å². The number of benzene rings is 2. The summed E-state index contributed by atoms with van der Waals surface area (Å²) in [7, 11) is 0. The largest absolute Gasteiger partial charge is 0.481 e. The number of nitrogens with zero attached hydrogens (tertiary/aromatic N) is 1. The Bertz CT molecular complexity index is 1040. The highest BCUT2D eigenvalue weighted by Gasteiger charge is 2.19. The molecule has 0 saturated carbocycles. The SMILES string of the molecule is O=C(O)Cc1cn(C(NCc2ccco2)c2ccccc2)c2ccccc12. The molecule has 0 bridgehead atoms. The van der Waals surface area contributed by atoms with Crippen LogP contribution in [0.3, 0.4) is 0 Å². The van der Waals surface area contributed by atoms with Crippen LogP contribution in [-0.2, 0) is 17.8 Å². The molecule has 0 spiro atoms. The summed E-state index contributed by atoms with van der Waals surface area (Å²) in [5.74, 6) is 0.0101. The van der Waals surface area contributed by atoms with E-state index in [4.69, 9.17) is 4.42 Å². The molecule has 2 aromatic heterocycles. The topological polar surface area (TPSA) is 67.4 Å². The lowest BCUT2D eigenvalue weighted by Gasteiger charge is -2.22. The molecule has 0 aliphatic rings. The van der Waals surface area contributed by atoms with Gasteiger partial charge in [-0.3, -0.25) is 10.1 Å². The fraction of sp³-hybridized carbons (Fsp3) is 0.136. The molecule has 0 fully saturated rings. The van der Waals surface area contributed by atoms with Crippen molar-refractivity contribution in [2.45, 2.75) is 19.1 Å². The second-order valence-electron chi connectivity index (χ2n) is 6.42. The van der Waals surface area contributed by atoms with Crippen molar-refractivity contribution in [1.82, 2.24) is 9.88 Å². The van der Waals surface area contributed by atoms with E-state index in [0.717, 1.165) is 27.8 Å². The van der Waals surface area contributed by atoms with E-state index in [1.54, 1.807) is 6.26 Å². The molecule has 0 aliphatic heterocycles.